The zero-order chi connectivity index (χ0) is 17.6. The summed E-state index contributed by atoms with van der Waals surface area (Å²) in [6.07, 6.45) is 4.85. The number of anilines is 2. The van der Waals surface area contributed by atoms with Crippen LogP contribution in [0.4, 0.5) is 15.9 Å². The number of nitrogens with zero attached hydrogens (tertiary/aromatic N) is 3. The van der Waals surface area contributed by atoms with Crippen LogP contribution in [0, 0.1) is 5.82 Å². The smallest absolute Gasteiger partial charge is 0.180 e. The van der Waals surface area contributed by atoms with Crippen LogP contribution in [0.2, 0.25) is 0 Å². The van der Waals surface area contributed by atoms with Gasteiger partial charge in [0.2, 0.25) is 0 Å². The fourth-order valence-corrected chi connectivity index (χ4v) is 2.70. The number of aromatic nitrogens is 4. The summed E-state index contributed by atoms with van der Waals surface area (Å²) in [4.78, 5) is 4.37. The Hall–Kier alpha value is -3.33. The highest BCUT2D eigenvalue weighted by atomic mass is 35.5. The highest BCUT2D eigenvalue weighted by Crippen LogP contribution is 2.39. The SMILES string of the molecule is COc1cc(-c2ncc(-c3cn[nH]c3)c3onc(N)c23)c(F)cc1N.Cl. The van der Waals surface area contributed by atoms with E-state index >= 15 is 0 Å². The number of nitrogens with two attached hydrogens (primary N) is 2. The molecular weight excluding hydrogens is 363 g/mol. The number of benzene rings is 1. The molecule has 0 amide bonds. The number of halogens is 2. The van der Waals surface area contributed by atoms with Gasteiger partial charge in [0.15, 0.2) is 11.4 Å². The average molecular weight is 377 g/mol. The molecule has 3 heterocycles. The van der Waals surface area contributed by atoms with Crippen LogP contribution in [0.25, 0.3) is 33.4 Å². The van der Waals surface area contributed by atoms with E-state index in [0.29, 0.717) is 22.3 Å². The monoisotopic (exact) mass is 376 g/mol. The molecule has 0 atom stereocenters. The molecule has 0 saturated heterocycles. The molecule has 0 unspecified atom stereocenters. The van der Waals surface area contributed by atoms with Crippen molar-refractivity contribution < 1.29 is 13.7 Å². The van der Waals surface area contributed by atoms with Gasteiger partial charge in [0.25, 0.3) is 0 Å². The van der Waals surface area contributed by atoms with Crippen molar-refractivity contribution in [1.29, 1.82) is 0 Å². The Labute approximate surface area is 152 Å². The molecular formula is C16H14ClFN6O2. The van der Waals surface area contributed by atoms with Gasteiger partial charge in [-0.15, -0.1) is 12.4 Å². The molecule has 4 rings (SSSR count). The third-order valence-corrected chi connectivity index (χ3v) is 3.91. The van der Waals surface area contributed by atoms with E-state index in [2.05, 4.69) is 20.3 Å². The highest BCUT2D eigenvalue weighted by Gasteiger charge is 2.21. The van der Waals surface area contributed by atoms with Gasteiger partial charge in [0.1, 0.15) is 11.6 Å². The molecule has 10 heteroatoms. The molecule has 0 spiro atoms. The molecule has 4 aromatic rings. The quantitative estimate of drug-likeness (QED) is 0.468. The number of pyridine rings is 1. The second-order valence-electron chi connectivity index (χ2n) is 5.35. The van der Waals surface area contributed by atoms with Gasteiger partial charge in [-0.2, -0.15) is 5.10 Å². The van der Waals surface area contributed by atoms with Crippen LogP contribution in [-0.2, 0) is 0 Å². The van der Waals surface area contributed by atoms with Crippen molar-refractivity contribution in [3.05, 3.63) is 36.5 Å². The molecule has 8 nitrogen and oxygen atoms in total. The number of nitrogens with one attached hydrogen (secondary N) is 1. The first-order valence-electron chi connectivity index (χ1n) is 7.26. The fraction of sp³-hybridized carbons (Fsp3) is 0.0625. The van der Waals surface area contributed by atoms with Gasteiger partial charge in [-0.25, -0.2) is 4.39 Å². The van der Waals surface area contributed by atoms with E-state index in [0.717, 1.165) is 5.56 Å². The molecule has 1 aromatic carbocycles. The van der Waals surface area contributed by atoms with E-state index in [1.54, 1.807) is 18.6 Å². The van der Waals surface area contributed by atoms with E-state index in [1.807, 2.05) is 0 Å². The first-order chi connectivity index (χ1) is 12.1. The Morgan fingerprint density at radius 2 is 2.00 bits per heavy atom. The van der Waals surface area contributed by atoms with Gasteiger partial charge >= 0.3 is 0 Å². The van der Waals surface area contributed by atoms with Crippen molar-refractivity contribution in [2.75, 3.05) is 18.6 Å². The number of aromatic amines is 1. The van der Waals surface area contributed by atoms with Crippen molar-refractivity contribution >= 4 is 34.9 Å². The van der Waals surface area contributed by atoms with Crippen molar-refractivity contribution in [3.8, 4) is 28.1 Å². The summed E-state index contributed by atoms with van der Waals surface area (Å²) in [6, 6.07) is 2.64. The van der Waals surface area contributed by atoms with Crippen LogP contribution < -0.4 is 16.2 Å². The van der Waals surface area contributed by atoms with Gasteiger partial charge in [0, 0.05) is 35.2 Å². The fourth-order valence-electron chi connectivity index (χ4n) is 2.70. The third-order valence-electron chi connectivity index (χ3n) is 3.91. The van der Waals surface area contributed by atoms with Gasteiger partial charge in [-0.3, -0.25) is 10.1 Å². The van der Waals surface area contributed by atoms with Crippen molar-refractivity contribution in [1.82, 2.24) is 20.3 Å². The maximum absolute atomic E-state index is 14.5. The second kappa shape index (κ2) is 6.52. The van der Waals surface area contributed by atoms with Crippen molar-refractivity contribution in [2.45, 2.75) is 0 Å². The second-order valence-corrected chi connectivity index (χ2v) is 5.35. The number of rotatable bonds is 3. The topological polar surface area (TPSA) is 129 Å². The van der Waals surface area contributed by atoms with Crippen molar-refractivity contribution in [2.24, 2.45) is 0 Å². The minimum Gasteiger partial charge on any atom is -0.495 e. The third kappa shape index (κ3) is 2.58. The summed E-state index contributed by atoms with van der Waals surface area (Å²) in [5, 5.41) is 10.8. The number of hydrogen-bond donors (Lipinski definition) is 3. The molecule has 3 aromatic heterocycles. The molecule has 5 N–H and O–H groups in total. The Bertz CT molecular complexity index is 1080. The van der Waals surface area contributed by atoms with Crippen LogP contribution >= 0.6 is 12.4 Å². The Kier molecular flexibility index (Phi) is 4.39. The van der Waals surface area contributed by atoms with E-state index in [-0.39, 0.29) is 35.2 Å². The predicted molar refractivity (Wildman–Crippen MR) is 97.4 cm³/mol. The summed E-state index contributed by atoms with van der Waals surface area (Å²) in [6.45, 7) is 0. The number of ether oxygens (including phenoxy) is 1. The Morgan fingerprint density at radius 1 is 1.19 bits per heavy atom. The van der Waals surface area contributed by atoms with E-state index in [1.165, 1.54) is 19.2 Å². The lowest BCUT2D eigenvalue weighted by Crippen LogP contribution is -1.98. The number of methoxy groups -OCH3 is 1. The molecule has 0 radical (unpaired) electrons. The van der Waals surface area contributed by atoms with Gasteiger partial charge in [0.05, 0.1) is 30.1 Å². The molecule has 0 aliphatic carbocycles. The molecule has 0 fully saturated rings. The summed E-state index contributed by atoms with van der Waals surface area (Å²) in [7, 11) is 1.45. The molecule has 0 aliphatic heterocycles. The maximum Gasteiger partial charge on any atom is 0.180 e. The molecule has 0 bridgehead atoms. The Balaban J connectivity index is 0.00000196. The lowest BCUT2D eigenvalue weighted by molar-refractivity contribution is 0.416. The number of hydrogen-bond acceptors (Lipinski definition) is 7. The molecule has 134 valence electrons. The van der Waals surface area contributed by atoms with E-state index < -0.39 is 5.82 Å². The van der Waals surface area contributed by atoms with Crippen LogP contribution in [0.15, 0.2) is 35.2 Å². The van der Waals surface area contributed by atoms with Crippen LogP contribution in [0.5, 0.6) is 5.75 Å². The maximum atomic E-state index is 14.5. The largest absolute Gasteiger partial charge is 0.495 e. The minimum absolute atomic E-state index is 0. The number of nitrogen functional groups attached to an aromatic ring is 2. The van der Waals surface area contributed by atoms with Gasteiger partial charge in [-0.1, -0.05) is 5.16 Å². The summed E-state index contributed by atoms with van der Waals surface area (Å²) < 4.78 is 25.0. The first-order valence-corrected chi connectivity index (χ1v) is 7.26. The summed E-state index contributed by atoms with van der Waals surface area (Å²) >= 11 is 0. The summed E-state index contributed by atoms with van der Waals surface area (Å²) in [5.41, 5.74) is 14.1. The van der Waals surface area contributed by atoms with Crippen molar-refractivity contribution in [3.63, 3.8) is 0 Å². The minimum atomic E-state index is -0.552. The average Bonchev–Trinajstić information content (AvgIpc) is 3.25. The first kappa shape index (κ1) is 17.5. The van der Waals surface area contributed by atoms with Gasteiger partial charge in [-0.05, 0) is 6.07 Å². The van der Waals surface area contributed by atoms with Crippen LogP contribution in [-0.4, -0.2) is 27.4 Å². The number of fused-ring (bicyclic) bond motifs is 1. The van der Waals surface area contributed by atoms with Crippen LogP contribution in [0.1, 0.15) is 0 Å². The zero-order valence-corrected chi connectivity index (χ0v) is 14.3. The van der Waals surface area contributed by atoms with Crippen LogP contribution in [0.3, 0.4) is 0 Å². The number of H-pyrrole nitrogens is 1. The highest BCUT2D eigenvalue weighted by molar-refractivity contribution is 6.05. The van der Waals surface area contributed by atoms with E-state index in [4.69, 9.17) is 20.7 Å². The predicted octanol–water partition coefficient (Wildman–Crippen LogP) is 3.01. The molecule has 0 aliphatic rings. The summed E-state index contributed by atoms with van der Waals surface area (Å²) in [5.74, 6) is -0.109. The standard InChI is InChI=1S/C16H13FN6O2.ClH/c1-24-12-2-8(10(17)3-11(12)18)14-13-15(25-23-16(13)19)9(6-20-14)7-4-21-22-5-7;/h2-6H,18H2,1H3,(H2,19,23)(H,21,22);1H. The lowest BCUT2D eigenvalue weighted by Gasteiger charge is -2.10. The van der Waals surface area contributed by atoms with Gasteiger partial charge < -0.3 is 20.7 Å². The molecule has 0 saturated carbocycles. The zero-order valence-electron chi connectivity index (χ0n) is 13.5. The Morgan fingerprint density at radius 3 is 2.69 bits per heavy atom. The molecule has 26 heavy (non-hydrogen) atoms. The van der Waals surface area contributed by atoms with E-state index in [9.17, 15) is 4.39 Å². The normalized spacial score (nSPS) is 10.7. The lowest BCUT2D eigenvalue weighted by atomic mass is 10.0.